The highest BCUT2D eigenvalue weighted by atomic mass is 16.5. The van der Waals surface area contributed by atoms with Gasteiger partial charge in [0.2, 0.25) is 0 Å². The van der Waals surface area contributed by atoms with Crippen LogP contribution in [0.4, 0.5) is 5.82 Å². The molecule has 2 aliphatic rings. The summed E-state index contributed by atoms with van der Waals surface area (Å²) in [5.74, 6) is 1.47. The summed E-state index contributed by atoms with van der Waals surface area (Å²) in [5.41, 5.74) is 10.4. The molecule has 4 N–H and O–H groups in total. The number of aromatic nitrogens is 1. The molecule has 0 saturated carbocycles. The number of nitrogens with two attached hydrogens (primary N) is 1. The average molecular weight is 473 g/mol. The minimum absolute atomic E-state index is 0.0477. The number of carbonyl (C=O) groups excluding carboxylic acids is 1. The number of benzene rings is 2. The summed E-state index contributed by atoms with van der Waals surface area (Å²) in [6.45, 7) is 2.78. The molecule has 2 aliphatic heterocycles. The highest BCUT2D eigenvalue weighted by Gasteiger charge is 2.22. The summed E-state index contributed by atoms with van der Waals surface area (Å²) >= 11 is 0. The number of ether oxygens (including phenoxy) is 1. The lowest BCUT2D eigenvalue weighted by Crippen LogP contribution is -2.36. The number of likely N-dealkylation sites (tertiary alicyclic amines) is 1. The Labute approximate surface area is 205 Å². The highest BCUT2D eigenvalue weighted by Crippen LogP contribution is 2.32. The lowest BCUT2D eigenvalue weighted by atomic mass is 9.96. The van der Waals surface area contributed by atoms with E-state index in [1.807, 2.05) is 29.2 Å². The van der Waals surface area contributed by atoms with Gasteiger partial charge in [0.1, 0.15) is 17.7 Å². The third-order valence-electron chi connectivity index (χ3n) is 6.83. The van der Waals surface area contributed by atoms with Crippen molar-refractivity contribution in [3.05, 3.63) is 77.5 Å². The number of nitrogen functional groups attached to an aromatic ring is 1. The van der Waals surface area contributed by atoms with Gasteiger partial charge < -0.3 is 25.8 Å². The van der Waals surface area contributed by atoms with Gasteiger partial charge in [-0.1, -0.05) is 24.3 Å². The number of rotatable bonds is 7. The Morgan fingerprint density at radius 2 is 1.97 bits per heavy atom. The Balaban J connectivity index is 1.18. The van der Waals surface area contributed by atoms with Crippen molar-refractivity contribution < 1.29 is 14.6 Å². The van der Waals surface area contributed by atoms with Crippen LogP contribution in [0.2, 0.25) is 0 Å². The summed E-state index contributed by atoms with van der Waals surface area (Å²) in [6.07, 6.45) is 5.01. The number of nitrogens with zero attached hydrogens (tertiary/aromatic N) is 2. The van der Waals surface area contributed by atoms with E-state index in [4.69, 9.17) is 10.5 Å². The van der Waals surface area contributed by atoms with Crippen LogP contribution in [-0.2, 0) is 6.42 Å². The SMILES string of the molecule is Nc1ccc(C(O)CNCC2CCc3cc(-c4cccc(C(=O)N5CCCC5)c4)ccc3O2)cn1. The maximum atomic E-state index is 12.8. The molecule has 0 bridgehead atoms. The number of amides is 1. The van der Waals surface area contributed by atoms with E-state index in [0.717, 1.165) is 66.8 Å². The minimum atomic E-state index is -0.644. The van der Waals surface area contributed by atoms with Crippen LogP contribution < -0.4 is 15.8 Å². The number of aliphatic hydroxyl groups is 1. The summed E-state index contributed by atoms with van der Waals surface area (Å²) in [7, 11) is 0. The van der Waals surface area contributed by atoms with Crippen molar-refractivity contribution in [1.82, 2.24) is 15.2 Å². The monoisotopic (exact) mass is 472 g/mol. The van der Waals surface area contributed by atoms with E-state index in [0.29, 0.717) is 18.9 Å². The predicted molar refractivity (Wildman–Crippen MR) is 136 cm³/mol. The first-order chi connectivity index (χ1) is 17.1. The molecule has 2 atom stereocenters. The molecule has 0 aliphatic carbocycles. The summed E-state index contributed by atoms with van der Waals surface area (Å²) in [4.78, 5) is 18.8. The number of pyridine rings is 1. The Kier molecular flexibility index (Phi) is 6.97. The first-order valence-corrected chi connectivity index (χ1v) is 12.4. The fourth-order valence-electron chi connectivity index (χ4n) is 4.82. The molecule has 3 aromatic rings. The van der Waals surface area contributed by atoms with Crippen LogP contribution in [0.3, 0.4) is 0 Å². The van der Waals surface area contributed by atoms with Crippen LogP contribution in [-0.4, -0.2) is 53.2 Å². The van der Waals surface area contributed by atoms with Crippen molar-refractivity contribution >= 4 is 11.7 Å². The second-order valence-electron chi connectivity index (χ2n) is 9.37. The van der Waals surface area contributed by atoms with E-state index in [1.54, 1.807) is 18.3 Å². The Hall–Kier alpha value is -3.42. The van der Waals surface area contributed by atoms with Gasteiger partial charge in [0.15, 0.2) is 0 Å². The van der Waals surface area contributed by atoms with Crippen LogP contribution >= 0.6 is 0 Å². The molecule has 1 fully saturated rings. The largest absolute Gasteiger partial charge is 0.489 e. The molecule has 2 aromatic carbocycles. The number of hydrogen-bond donors (Lipinski definition) is 3. The average Bonchev–Trinajstić information content (AvgIpc) is 3.43. The number of fused-ring (bicyclic) bond motifs is 1. The van der Waals surface area contributed by atoms with E-state index in [-0.39, 0.29) is 12.0 Å². The van der Waals surface area contributed by atoms with Crippen LogP contribution in [0.15, 0.2) is 60.8 Å². The number of carbonyl (C=O) groups is 1. The van der Waals surface area contributed by atoms with E-state index in [2.05, 4.69) is 28.5 Å². The summed E-state index contributed by atoms with van der Waals surface area (Å²) in [5, 5.41) is 13.7. The fraction of sp³-hybridized carbons (Fsp3) is 0.357. The van der Waals surface area contributed by atoms with E-state index >= 15 is 0 Å². The molecule has 35 heavy (non-hydrogen) atoms. The summed E-state index contributed by atoms with van der Waals surface area (Å²) in [6, 6.07) is 17.7. The molecule has 5 rings (SSSR count). The smallest absolute Gasteiger partial charge is 0.253 e. The van der Waals surface area contributed by atoms with Gasteiger partial charge in [0.25, 0.3) is 5.91 Å². The third-order valence-corrected chi connectivity index (χ3v) is 6.83. The maximum Gasteiger partial charge on any atom is 0.253 e. The molecule has 3 heterocycles. The molecule has 2 unspecified atom stereocenters. The van der Waals surface area contributed by atoms with Gasteiger partial charge >= 0.3 is 0 Å². The quantitative estimate of drug-likeness (QED) is 0.486. The van der Waals surface area contributed by atoms with Crippen LogP contribution in [0, 0.1) is 0 Å². The molecule has 182 valence electrons. The topological polar surface area (TPSA) is 101 Å². The van der Waals surface area contributed by atoms with Crippen LogP contribution in [0.1, 0.15) is 46.9 Å². The Morgan fingerprint density at radius 1 is 1.14 bits per heavy atom. The van der Waals surface area contributed by atoms with Crippen molar-refractivity contribution in [1.29, 1.82) is 0 Å². The van der Waals surface area contributed by atoms with Crippen molar-refractivity contribution in [2.45, 2.75) is 37.9 Å². The molecular weight excluding hydrogens is 440 g/mol. The normalized spacial score (nSPS) is 18.1. The predicted octanol–water partition coefficient (Wildman–Crippen LogP) is 3.58. The van der Waals surface area contributed by atoms with E-state index in [1.165, 1.54) is 5.56 Å². The Morgan fingerprint density at radius 3 is 2.77 bits per heavy atom. The fourth-order valence-corrected chi connectivity index (χ4v) is 4.82. The molecule has 1 aromatic heterocycles. The van der Waals surface area contributed by atoms with E-state index < -0.39 is 6.10 Å². The van der Waals surface area contributed by atoms with E-state index in [9.17, 15) is 9.90 Å². The van der Waals surface area contributed by atoms with Gasteiger partial charge in [-0.15, -0.1) is 0 Å². The van der Waals surface area contributed by atoms with Crippen LogP contribution in [0.25, 0.3) is 11.1 Å². The zero-order chi connectivity index (χ0) is 24.2. The van der Waals surface area contributed by atoms with Gasteiger partial charge in [0.05, 0.1) is 6.10 Å². The lowest BCUT2D eigenvalue weighted by molar-refractivity contribution is 0.0793. The zero-order valence-electron chi connectivity index (χ0n) is 19.8. The number of aliphatic hydroxyl groups excluding tert-OH is 1. The van der Waals surface area contributed by atoms with Gasteiger partial charge in [-0.3, -0.25) is 4.79 Å². The maximum absolute atomic E-state index is 12.8. The Bertz CT molecular complexity index is 1180. The molecule has 7 heteroatoms. The zero-order valence-corrected chi connectivity index (χ0v) is 19.8. The number of anilines is 1. The molecule has 1 amide bonds. The molecule has 1 saturated heterocycles. The first kappa shape index (κ1) is 23.3. The first-order valence-electron chi connectivity index (χ1n) is 12.4. The number of aryl methyl sites for hydroxylation is 1. The third kappa shape index (κ3) is 5.47. The van der Waals surface area contributed by atoms with Crippen molar-refractivity contribution in [2.24, 2.45) is 0 Å². The molecule has 7 nitrogen and oxygen atoms in total. The van der Waals surface area contributed by atoms with Crippen LogP contribution in [0.5, 0.6) is 5.75 Å². The second kappa shape index (κ2) is 10.5. The van der Waals surface area contributed by atoms with Gasteiger partial charge in [-0.25, -0.2) is 4.98 Å². The van der Waals surface area contributed by atoms with Crippen molar-refractivity contribution in [3.8, 4) is 16.9 Å². The molecule has 0 radical (unpaired) electrons. The standard InChI is InChI=1S/C28H32N4O3/c29-27-11-8-23(16-31-27)25(33)18-30-17-24-9-6-21-14-20(7-10-26(21)35-24)19-4-3-5-22(15-19)28(34)32-12-1-2-13-32/h3-5,7-8,10-11,14-16,24-25,30,33H,1-2,6,9,12-13,17-18H2,(H2,29,31). The van der Waals surface area contributed by atoms with Crippen molar-refractivity contribution in [2.75, 3.05) is 31.9 Å². The molecular formula is C28H32N4O3. The summed E-state index contributed by atoms with van der Waals surface area (Å²) < 4.78 is 6.22. The van der Waals surface area contributed by atoms with Gasteiger partial charge in [0, 0.05) is 43.5 Å². The highest BCUT2D eigenvalue weighted by molar-refractivity contribution is 5.95. The molecule has 0 spiro atoms. The van der Waals surface area contributed by atoms with Gasteiger partial charge in [-0.05, 0) is 72.7 Å². The second-order valence-corrected chi connectivity index (χ2v) is 9.37. The van der Waals surface area contributed by atoms with Crippen molar-refractivity contribution in [3.63, 3.8) is 0 Å². The number of nitrogens with one attached hydrogen (secondary N) is 1. The minimum Gasteiger partial charge on any atom is -0.489 e. The lowest BCUT2D eigenvalue weighted by Gasteiger charge is -2.27. The number of hydrogen-bond acceptors (Lipinski definition) is 6. The van der Waals surface area contributed by atoms with Gasteiger partial charge in [-0.2, -0.15) is 0 Å².